The molecule has 2 nitrogen and oxygen atoms in total. The average Bonchev–Trinajstić information content (AvgIpc) is 2.63. The SMILES string of the molecule is C=CC[C@H]1CC[C@H]2CC(=O)O[C@@]12CI. The minimum atomic E-state index is -0.147. The summed E-state index contributed by atoms with van der Waals surface area (Å²) in [5.74, 6) is 0.977. The highest BCUT2D eigenvalue weighted by Gasteiger charge is 2.56. The maximum absolute atomic E-state index is 11.3. The first kappa shape index (κ1) is 10.5. The van der Waals surface area contributed by atoms with Crippen molar-refractivity contribution >= 4 is 28.6 Å². The first-order chi connectivity index (χ1) is 6.73. The fraction of sp³-hybridized carbons (Fsp3) is 0.727. The van der Waals surface area contributed by atoms with Gasteiger partial charge in [-0.25, -0.2) is 0 Å². The second-order valence-electron chi connectivity index (χ2n) is 4.26. The standard InChI is InChI=1S/C11H15IO2/c1-2-3-8-4-5-9-6-10(13)14-11(8,9)7-12/h2,8-9H,1,3-7H2/t8-,9-,11-/m0/s1. The van der Waals surface area contributed by atoms with Crippen LogP contribution in [-0.4, -0.2) is 16.0 Å². The Kier molecular flexibility index (Phi) is 2.86. The van der Waals surface area contributed by atoms with Crippen LogP contribution in [0.15, 0.2) is 12.7 Å². The van der Waals surface area contributed by atoms with E-state index in [1.807, 2.05) is 6.08 Å². The summed E-state index contributed by atoms with van der Waals surface area (Å²) in [5.41, 5.74) is -0.147. The molecule has 1 heterocycles. The Hall–Kier alpha value is -0.0600. The third kappa shape index (κ3) is 1.40. The lowest BCUT2D eigenvalue weighted by atomic mass is 9.84. The topological polar surface area (TPSA) is 26.3 Å². The van der Waals surface area contributed by atoms with E-state index in [2.05, 4.69) is 29.2 Å². The van der Waals surface area contributed by atoms with Crippen molar-refractivity contribution in [2.75, 3.05) is 4.43 Å². The molecule has 0 bridgehead atoms. The van der Waals surface area contributed by atoms with E-state index in [4.69, 9.17) is 4.74 Å². The summed E-state index contributed by atoms with van der Waals surface area (Å²) in [4.78, 5) is 11.3. The van der Waals surface area contributed by atoms with Crippen LogP contribution >= 0.6 is 22.6 Å². The van der Waals surface area contributed by atoms with E-state index in [1.54, 1.807) is 0 Å². The van der Waals surface area contributed by atoms with Crippen molar-refractivity contribution in [3.63, 3.8) is 0 Å². The van der Waals surface area contributed by atoms with Crippen molar-refractivity contribution < 1.29 is 9.53 Å². The monoisotopic (exact) mass is 306 g/mol. The van der Waals surface area contributed by atoms with Crippen molar-refractivity contribution in [2.45, 2.75) is 31.3 Å². The number of hydrogen-bond donors (Lipinski definition) is 0. The summed E-state index contributed by atoms with van der Waals surface area (Å²) >= 11 is 2.35. The molecule has 1 saturated heterocycles. The van der Waals surface area contributed by atoms with Gasteiger partial charge in [0, 0.05) is 16.3 Å². The summed E-state index contributed by atoms with van der Waals surface area (Å²) < 4.78 is 6.52. The average molecular weight is 306 g/mol. The number of carbonyl (C=O) groups is 1. The first-order valence-corrected chi connectivity index (χ1v) is 6.64. The second-order valence-corrected chi connectivity index (χ2v) is 5.03. The molecule has 3 heteroatoms. The number of ether oxygens (including phenoxy) is 1. The molecule has 0 radical (unpaired) electrons. The van der Waals surface area contributed by atoms with E-state index < -0.39 is 0 Å². The fourth-order valence-electron chi connectivity index (χ4n) is 2.88. The molecule has 2 fully saturated rings. The van der Waals surface area contributed by atoms with E-state index in [1.165, 1.54) is 6.42 Å². The summed E-state index contributed by atoms with van der Waals surface area (Å²) in [6.07, 6.45) is 5.90. The van der Waals surface area contributed by atoms with Gasteiger partial charge in [-0.1, -0.05) is 28.7 Å². The molecule has 0 N–H and O–H groups in total. The van der Waals surface area contributed by atoms with Crippen molar-refractivity contribution in [1.82, 2.24) is 0 Å². The number of alkyl halides is 1. The van der Waals surface area contributed by atoms with Gasteiger partial charge in [0.25, 0.3) is 0 Å². The van der Waals surface area contributed by atoms with Crippen LogP contribution in [0.5, 0.6) is 0 Å². The van der Waals surface area contributed by atoms with E-state index in [0.717, 1.165) is 17.3 Å². The molecule has 2 rings (SSSR count). The van der Waals surface area contributed by atoms with Crippen LogP contribution in [0.4, 0.5) is 0 Å². The highest BCUT2D eigenvalue weighted by Crippen LogP contribution is 2.51. The van der Waals surface area contributed by atoms with Crippen LogP contribution in [-0.2, 0) is 9.53 Å². The number of halogens is 1. The van der Waals surface area contributed by atoms with E-state index >= 15 is 0 Å². The zero-order valence-corrected chi connectivity index (χ0v) is 10.3. The smallest absolute Gasteiger partial charge is 0.306 e. The summed E-state index contributed by atoms with van der Waals surface area (Å²) in [5, 5.41) is 0. The predicted molar refractivity (Wildman–Crippen MR) is 63.4 cm³/mol. The molecule has 0 amide bonds. The number of carbonyl (C=O) groups excluding carboxylic acids is 1. The zero-order chi connectivity index (χ0) is 10.2. The molecule has 0 spiro atoms. The molecular weight excluding hydrogens is 291 g/mol. The van der Waals surface area contributed by atoms with Crippen molar-refractivity contribution in [2.24, 2.45) is 11.8 Å². The number of esters is 1. The second kappa shape index (κ2) is 3.83. The molecule has 3 atom stereocenters. The fourth-order valence-corrected chi connectivity index (χ4v) is 4.29. The quantitative estimate of drug-likeness (QED) is 0.347. The Morgan fingerprint density at radius 1 is 1.64 bits per heavy atom. The summed E-state index contributed by atoms with van der Waals surface area (Å²) in [6, 6.07) is 0. The lowest BCUT2D eigenvalue weighted by molar-refractivity contribution is -0.150. The Morgan fingerprint density at radius 3 is 3.07 bits per heavy atom. The lowest BCUT2D eigenvalue weighted by Gasteiger charge is -2.31. The van der Waals surface area contributed by atoms with Gasteiger partial charge in [0.15, 0.2) is 0 Å². The van der Waals surface area contributed by atoms with Crippen molar-refractivity contribution in [3.8, 4) is 0 Å². The Morgan fingerprint density at radius 2 is 2.43 bits per heavy atom. The first-order valence-electron chi connectivity index (χ1n) is 5.11. The van der Waals surface area contributed by atoms with E-state index in [0.29, 0.717) is 18.3 Å². The van der Waals surface area contributed by atoms with Gasteiger partial charge in [0.1, 0.15) is 5.60 Å². The van der Waals surface area contributed by atoms with Crippen molar-refractivity contribution in [1.29, 1.82) is 0 Å². The van der Waals surface area contributed by atoms with E-state index in [-0.39, 0.29) is 11.6 Å². The van der Waals surface area contributed by atoms with Gasteiger partial charge < -0.3 is 4.74 Å². The van der Waals surface area contributed by atoms with Crippen LogP contribution in [0.2, 0.25) is 0 Å². The molecule has 1 saturated carbocycles. The molecule has 0 aromatic heterocycles. The highest BCUT2D eigenvalue weighted by molar-refractivity contribution is 14.1. The van der Waals surface area contributed by atoms with Crippen LogP contribution < -0.4 is 0 Å². The summed E-state index contributed by atoms with van der Waals surface area (Å²) in [6.45, 7) is 3.78. The van der Waals surface area contributed by atoms with Crippen LogP contribution in [0.25, 0.3) is 0 Å². The predicted octanol–water partition coefficient (Wildman–Crippen LogP) is 2.71. The van der Waals surface area contributed by atoms with Gasteiger partial charge >= 0.3 is 5.97 Å². The normalized spacial score (nSPS) is 40.8. The van der Waals surface area contributed by atoms with Crippen LogP contribution in [0, 0.1) is 11.8 Å². The number of fused-ring (bicyclic) bond motifs is 1. The lowest BCUT2D eigenvalue weighted by Crippen LogP contribution is -2.40. The van der Waals surface area contributed by atoms with Gasteiger partial charge in [0.05, 0.1) is 6.42 Å². The highest BCUT2D eigenvalue weighted by atomic mass is 127. The molecular formula is C11H15IO2. The Bertz CT molecular complexity index is 264. The van der Waals surface area contributed by atoms with Crippen LogP contribution in [0.3, 0.4) is 0 Å². The zero-order valence-electron chi connectivity index (χ0n) is 8.17. The molecule has 0 aromatic carbocycles. The molecule has 2 aliphatic rings. The minimum Gasteiger partial charge on any atom is -0.458 e. The Labute approximate surface area is 98.2 Å². The maximum Gasteiger partial charge on any atom is 0.306 e. The molecule has 1 aliphatic heterocycles. The third-order valence-electron chi connectivity index (χ3n) is 3.62. The number of rotatable bonds is 3. The van der Waals surface area contributed by atoms with Gasteiger partial charge in [-0.15, -0.1) is 6.58 Å². The van der Waals surface area contributed by atoms with E-state index in [9.17, 15) is 4.79 Å². The van der Waals surface area contributed by atoms with Gasteiger partial charge in [-0.3, -0.25) is 4.79 Å². The largest absolute Gasteiger partial charge is 0.458 e. The van der Waals surface area contributed by atoms with Crippen molar-refractivity contribution in [3.05, 3.63) is 12.7 Å². The number of allylic oxidation sites excluding steroid dienone is 1. The Balaban J connectivity index is 2.22. The summed E-state index contributed by atoms with van der Waals surface area (Å²) in [7, 11) is 0. The third-order valence-corrected chi connectivity index (χ3v) is 4.81. The van der Waals surface area contributed by atoms with Gasteiger partial charge in [0.2, 0.25) is 0 Å². The molecule has 0 unspecified atom stereocenters. The van der Waals surface area contributed by atoms with Crippen LogP contribution in [0.1, 0.15) is 25.7 Å². The minimum absolute atomic E-state index is 0.000397. The maximum atomic E-state index is 11.3. The van der Waals surface area contributed by atoms with Gasteiger partial charge in [-0.05, 0) is 19.3 Å². The molecule has 0 aromatic rings. The molecule has 1 aliphatic carbocycles. The number of hydrogen-bond acceptors (Lipinski definition) is 2. The molecule has 78 valence electrons. The van der Waals surface area contributed by atoms with Gasteiger partial charge in [-0.2, -0.15) is 0 Å². The molecule has 14 heavy (non-hydrogen) atoms.